The first-order valence-electron chi connectivity index (χ1n) is 9.66. The molecule has 0 saturated heterocycles. The van der Waals surface area contributed by atoms with E-state index in [-0.39, 0.29) is 11.9 Å². The van der Waals surface area contributed by atoms with Gasteiger partial charge in [-0.25, -0.2) is 13.8 Å². The molecule has 0 spiro atoms. The summed E-state index contributed by atoms with van der Waals surface area (Å²) in [6.07, 6.45) is 5.57. The smallest absolute Gasteiger partial charge is 0.125 e. The zero-order chi connectivity index (χ0) is 20.4. The van der Waals surface area contributed by atoms with Gasteiger partial charge in [0.2, 0.25) is 0 Å². The van der Waals surface area contributed by atoms with Crippen LogP contribution >= 0.6 is 0 Å². The SMILES string of the molecule is Cc1cc(-n2cccn2)ccc1CN[C@H](C)c1cnn(-c2cccc(F)c2)c1C. The Morgan fingerprint density at radius 3 is 2.62 bits per heavy atom. The third-order valence-corrected chi connectivity index (χ3v) is 5.26. The Kier molecular flexibility index (Phi) is 5.27. The molecule has 148 valence electrons. The summed E-state index contributed by atoms with van der Waals surface area (Å²) in [4.78, 5) is 0. The van der Waals surface area contributed by atoms with Crippen molar-refractivity contribution in [1.82, 2.24) is 24.9 Å². The molecule has 29 heavy (non-hydrogen) atoms. The van der Waals surface area contributed by atoms with Crippen molar-refractivity contribution in [2.24, 2.45) is 0 Å². The van der Waals surface area contributed by atoms with Gasteiger partial charge in [0.1, 0.15) is 5.82 Å². The second-order valence-corrected chi connectivity index (χ2v) is 7.24. The van der Waals surface area contributed by atoms with Crippen LogP contribution in [0.2, 0.25) is 0 Å². The van der Waals surface area contributed by atoms with Gasteiger partial charge in [-0.2, -0.15) is 10.2 Å². The standard InChI is InChI=1S/C23H24FN5/c1-16-12-21(28-11-5-10-26-28)9-8-19(16)14-25-17(2)23-15-27-29(18(23)3)22-7-4-6-20(24)13-22/h4-13,15,17,25H,14H2,1-3H3/t17-/m1/s1. The molecule has 0 aliphatic rings. The Balaban J connectivity index is 1.47. The Labute approximate surface area is 169 Å². The summed E-state index contributed by atoms with van der Waals surface area (Å²) in [5.41, 5.74) is 6.33. The molecule has 0 fully saturated rings. The lowest BCUT2D eigenvalue weighted by Crippen LogP contribution is -2.19. The van der Waals surface area contributed by atoms with E-state index >= 15 is 0 Å². The zero-order valence-electron chi connectivity index (χ0n) is 16.8. The molecule has 0 unspecified atom stereocenters. The van der Waals surface area contributed by atoms with E-state index in [1.54, 1.807) is 16.9 Å². The molecule has 5 nitrogen and oxygen atoms in total. The van der Waals surface area contributed by atoms with Crippen LogP contribution in [0.25, 0.3) is 11.4 Å². The van der Waals surface area contributed by atoms with Gasteiger partial charge in [0.05, 0.1) is 17.6 Å². The molecule has 0 aliphatic carbocycles. The number of aryl methyl sites for hydroxylation is 1. The molecule has 1 N–H and O–H groups in total. The van der Waals surface area contributed by atoms with Crippen LogP contribution in [0.4, 0.5) is 4.39 Å². The molecule has 4 rings (SSSR count). The van der Waals surface area contributed by atoms with Crippen molar-refractivity contribution in [2.45, 2.75) is 33.4 Å². The number of nitrogens with zero attached hydrogens (tertiary/aromatic N) is 4. The van der Waals surface area contributed by atoms with Gasteiger partial charge in [-0.15, -0.1) is 0 Å². The second kappa shape index (κ2) is 8.01. The quantitative estimate of drug-likeness (QED) is 0.522. The van der Waals surface area contributed by atoms with Crippen LogP contribution in [0.1, 0.15) is 35.3 Å². The highest BCUT2D eigenvalue weighted by Gasteiger charge is 2.15. The van der Waals surface area contributed by atoms with E-state index in [1.165, 1.54) is 23.3 Å². The molecular weight excluding hydrogens is 365 g/mol. The van der Waals surface area contributed by atoms with Crippen molar-refractivity contribution in [3.63, 3.8) is 0 Å². The van der Waals surface area contributed by atoms with Gasteiger partial charge < -0.3 is 5.32 Å². The van der Waals surface area contributed by atoms with Gasteiger partial charge in [0.25, 0.3) is 0 Å². The van der Waals surface area contributed by atoms with Crippen LogP contribution in [-0.4, -0.2) is 19.6 Å². The summed E-state index contributed by atoms with van der Waals surface area (Å²) in [5, 5.41) is 12.3. The number of benzene rings is 2. The van der Waals surface area contributed by atoms with Crippen LogP contribution in [0, 0.1) is 19.7 Å². The monoisotopic (exact) mass is 389 g/mol. The largest absolute Gasteiger partial charge is 0.306 e. The lowest BCUT2D eigenvalue weighted by Gasteiger charge is -2.16. The summed E-state index contributed by atoms with van der Waals surface area (Å²) in [5.74, 6) is -0.265. The maximum atomic E-state index is 13.6. The van der Waals surface area contributed by atoms with Crippen LogP contribution in [-0.2, 0) is 6.54 Å². The average molecular weight is 389 g/mol. The van der Waals surface area contributed by atoms with Crippen molar-refractivity contribution < 1.29 is 4.39 Å². The number of nitrogens with one attached hydrogen (secondary N) is 1. The number of aromatic nitrogens is 4. The van der Waals surface area contributed by atoms with E-state index in [0.29, 0.717) is 0 Å². The van der Waals surface area contributed by atoms with Gasteiger partial charge in [0, 0.05) is 36.2 Å². The maximum Gasteiger partial charge on any atom is 0.125 e. The molecule has 0 saturated carbocycles. The van der Waals surface area contributed by atoms with Gasteiger partial charge in [0.15, 0.2) is 0 Å². The van der Waals surface area contributed by atoms with E-state index in [1.807, 2.05) is 36.1 Å². The molecular formula is C23H24FN5. The van der Waals surface area contributed by atoms with Gasteiger partial charge in [-0.3, -0.25) is 0 Å². The predicted octanol–water partition coefficient (Wildman–Crippen LogP) is 4.66. The van der Waals surface area contributed by atoms with Crippen LogP contribution in [0.5, 0.6) is 0 Å². The fraction of sp³-hybridized carbons (Fsp3) is 0.217. The highest BCUT2D eigenvalue weighted by Crippen LogP contribution is 2.22. The van der Waals surface area contributed by atoms with Gasteiger partial charge in [-0.05, 0) is 68.3 Å². The molecule has 1 atom stereocenters. The molecule has 0 bridgehead atoms. The molecule has 2 aromatic carbocycles. The van der Waals surface area contributed by atoms with Crippen LogP contribution in [0.3, 0.4) is 0 Å². The van der Waals surface area contributed by atoms with E-state index < -0.39 is 0 Å². The maximum absolute atomic E-state index is 13.6. The first-order chi connectivity index (χ1) is 14.0. The van der Waals surface area contributed by atoms with Crippen molar-refractivity contribution in [1.29, 1.82) is 0 Å². The summed E-state index contributed by atoms with van der Waals surface area (Å²) in [6.45, 7) is 6.99. The van der Waals surface area contributed by atoms with Crippen molar-refractivity contribution in [2.75, 3.05) is 0 Å². The first-order valence-corrected chi connectivity index (χ1v) is 9.66. The van der Waals surface area contributed by atoms with Gasteiger partial charge >= 0.3 is 0 Å². The van der Waals surface area contributed by atoms with E-state index in [0.717, 1.165) is 29.2 Å². The van der Waals surface area contributed by atoms with Crippen molar-refractivity contribution >= 4 is 0 Å². The average Bonchev–Trinajstić information content (AvgIpc) is 3.37. The minimum atomic E-state index is -0.265. The second-order valence-electron chi connectivity index (χ2n) is 7.24. The van der Waals surface area contributed by atoms with Crippen molar-refractivity contribution in [3.8, 4) is 11.4 Å². The fourth-order valence-corrected chi connectivity index (χ4v) is 3.53. The predicted molar refractivity (Wildman–Crippen MR) is 112 cm³/mol. The van der Waals surface area contributed by atoms with E-state index in [4.69, 9.17) is 0 Å². The third-order valence-electron chi connectivity index (χ3n) is 5.26. The third kappa shape index (κ3) is 3.98. The highest BCUT2D eigenvalue weighted by molar-refractivity contribution is 5.40. The molecule has 2 aromatic heterocycles. The zero-order valence-corrected chi connectivity index (χ0v) is 16.8. The number of hydrogen-bond donors (Lipinski definition) is 1. The Morgan fingerprint density at radius 2 is 1.90 bits per heavy atom. The normalized spacial score (nSPS) is 12.3. The minimum absolute atomic E-state index is 0.113. The molecule has 0 aliphatic heterocycles. The van der Waals surface area contributed by atoms with E-state index in [2.05, 4.69) is 47.6 Å². The summed E-state index contributed by atoms with van der Waals surface area (Å²) >= 11 is 0. The molecule has 6 heteroatoms. The van der Waals surface area contributed by atoms with Crippen LogP contribution < -0.4 is 5.32 Å². The molecule has 0 radical (unpaired) electrons. The van der Waals surface area contributed by atoms with Crippen LogP contribution in [0.15, 0.2) is 67.1 Å². The Hall–Kier alpha value is -3.25. The highest BCUT2D eigenvalue weighted by atomic mass is 19.1. The number of rotatable bonds is 6. The summed E-state index contributed by atoms with van der Waals surface area (Å²) in [7, 11) is 0. The molecule has 2 heterocycles. The van der Waals surface area contributed by atoms with Crippen molar-refractivity contribution in [3.05, 3.63) is 95.3 Å². The lowest BCUT2D eigenvalue weighted by atomic mass is 10.1. The lowest BCUT2D eigenvalue weighted by molar-refractivity contribution is 0.570. The Morgan fingerprint density at radius 1 is 1.03 bits per heavy atom. The minimum Gasteiger partial charge on any atom is -0.306 e. The first kappa shape index (κ1) is 19.1. The number of halogens is 1. The summed E-state index contributed by atoms with van der Waals surface area (Å²) in [6, 6.07) is 14.9. The summed E-state index contributed by atoms with van der Waals surface area (Å²) < 4.78 is 17.2. The topological polar surface area (TPSA) is 47.7 Å². The number of hydrogen-bond acceptors (Lipinski definition) is 3. The Bertz CT molecular complexity index is 1110. The van der Waals surface area contributed by atoms with E-state index in [9.17, 15) is 4.39 Å². The molecule has 0 amide bonds. The fourth-order valence-electron chi connectivity index (χ4n) is 3.53. The van der Waals surface area contributed by atoms with Gasteiger partial charge in [-0.1, -0.05) is 12.1 Å². The molecule has 4 aromatic rings.